The van der Waals surface area contributed by atoms with Crippen LogP contribution in [0.25, 0.3) is 0 Å². The van der Waals surface area contributed by atoms with Gasteiger partial charge in [-0.15, -0.1) is 0 Å². The summed E-state index contributed by atoms with van der Waals surface area (Å²) < 4.78 is 10.8. The summed E-state index contributed by atoms with van der Waals surface area (Å²) in [6.07, 6.45) is 1.19. The highest BCUT2D eigenvalue weighted by atomic mass is 16.5. The molecular formula is C11H14O3. The molecule has 0 bridgehead atoms. The van der Waals surface area contributed by atoms with E-state index in [2.05, 4.69) is 0 Å². The van der Waals surface area contributed by atoms with E-state index in [1.165, 1.54) is 0 Å². The molecule has 1 heterocycles. The summed E-state index contributed by atoms with van der Waals surface area (Å²) in [6.45, 7) is 2.03. The van der Waals surface area contributed by atoms with Gasteiger partial charge in [-0.2, -0.15) is 0 Å². The summed E-state index contributed by atoms with van der Waals surface area (Å²) in [5.74, 6) is 0.286. The van der Waals surface area contributed by atoms with Crippen LogP contribution in [0.5, 0.6) is 5.75 Å². The molecule has 2 rings (SSSR count). The molecule has 0 amide bonds. The standard InChI is InChI=1S/C11H14O3/c12-10-3-1-2-9(6-10)7-14-11-4-5-13-8-11/h1-3,6,11-12H,4-5,7-8H2/t11-/m0/s1. The normalized spacial score (nSPS) is 21.3. The van der Waals surface area contributed by atoms with Crippen molar-refractivity contribution < 1.29 is 14.6 Å². The minimum atomic E-state index is 0.220. The van der Waals surface area contributed by atoms with Gasteiger partial charge in [0.15, 0.2) is 0 Å². The van der Waals surface area contributed by atoms with Crippen molar-refractivity contribution in [3.8, 4) is 5.75 Å². The molecule has 1 fully saturated rings. The number of aromatic hydroxyl groups is 1. The number of phenols is 1. The zero-order chi connectivity index (χ0) is 9.80. The van der Waals surface area contributed by atoms with Crippen LogP contribution in [0.4, 0.5) is 0 Å². The largest absolute Gasteiger partial charge is 0.508 e. The molecule has 0 unspecified atom stereocenters. The van der Waals surface area contributed by atoms with Gasteiger partial charge in [0.1, 0.15) is 5.75 Å². The molecule has 1 aromatic rings. The van der Waals surface area contributed by atoms with Crippen molar-refractivity contribution in [3.63, 3.8) is 0 Å². The Hall–Kier alpha value is -1.06. The molecule has 0 aliphatic carbocycles. The first-order chi connectivity index (χ1) is 6.84. The summed E-state index contributed by atoms with van der Waals surface area (Å²) in [6, 6.07) is 7.13. The summed E-state index contributed by atoms with van der Waals surface area (Å²) in [5, 5.41) is 9.22. The lowest BCUT2D eigenvalue weighted by molar-refractivity contribution is 0.0317. The van der Waals surface area contributed by atoms with Gasteiger partial charge in [0, 0.05) is 6.61 Å². The quantitative estimate of drug-likeness (QED) is 0.795. The molecule has 1 aliphatic rings. The van der Waals surface area contributed by atoms with Gasteiger partial charge >= 0.3 is 0 Å². The Morgan fingerprint density at radius 3 is 3.14 bits per heavy atom. The molecule has 1 atom stereocenters. The third-order valence-corrected chi connectivity index (χ3v) is 2.28. The molecule has 0 spiro atoms. The van der Waals surface area contributed by atoms with Crippen molar-refractivity contribution in [3.05, 3.63) is 29.8 Å². The van der Waals surface area contributed by atoms with Crippen molar-refractivity contribution in [2.75, 3.05) is 13.2 Å². The number of ether oxygens (including phenoxy) is 2. The van der Waals surface area contributed by atoms with Gasteiger partial charge < -0.3 is 14.6 Å². The molecule has 14 heavy (non-hydrogen) atoms. The zero-order valence-corrected chi connectivity index (χ0v) is 7.98. The second-order valence-electron chi connectivity index (χ2n) is 3.47. The monoisotopic (exact) mass is 194 g/mol. The van der Waals surface area contributed by atoms with E-state index in [-0.39, 0.29) is 11.9 Å². The fourth-order valence-electron chi connectivity index (χ4n) is 1.50. The SMILES string of the molecule is Oc1cccc(CO[C@H]2CCOC2)c1. The highest BCUT2D eigenvalue weighted by Crippen LogP contribution is 2.14. The van der Waals surface area contributed by atoms with E-state index in [1.54, 1.807) is 12.1 Å². The van der Waals surface area contributed by atoms with Gasteiger partial charge in [0.05, 0.1) is 19.3 Å². The number of benzene rings is 1. The van der Waals surface area contributed by atoms with Crippen molar-refractivity contribution in [1.29, 1.82) is 0 Å². The van der Waals surface area contributed by atoms with E-state index in [1.807, 2.05) is 12.1 Å². The predicted molar refractivity (Wildman–Crippen MR) is 52.1 cm³/mol. The molecule has 3 nitrogen and oxygen atoms in total. The number of hydrogen-bond donors (Lipinski definition) is 1. The molecule has 1 aromatic carbocycles. The minimum Gasteiger partial charge on any atom is -0.508 e. The minimum absolute atomic E-state index is 0.220. The van der Waals surface area contributed by atoms with E-state index in [0.29, 0.717) is 13.2 Å². The molecule has 1 N–H and O–H groups in total. The van der Waals surface area contributed by atoms with Gasteiger partial charge in [-0.3, -0.25) is 0 Å². The van der Waals surface area contributed by atoms with Gasteiger partial charge in [0.25, 0.3) is 0 Å². The topological polar surface area (TPSA) is 38.7 Å². The third kappa shape index (κ3) is 2.47. The lowest BCUT2D eigenvalue weighted by Gasteiger charge is -2.09. The number of rotatable bonds is 3. The molecule has 0 aromatic heterocycles. The fraction of sp³-hybridized carbons (Fsp3) is 0.455. The summed E-state index contributed by atoms with van der Waals surface area (Å²) >= 11 is 0. The van der Waals surface area contributed by atoms with Crippen LogP contribution in [0.2, 0.25) is 0 Å². The van der Waals surface area contributed by atoms with Crippen LogP contribution in [0.1, 0.15) is 12.0 Å². The van der Waals surface area contributed by atoms with E-state index < -0.39 is 0 Å². The highest BCUT2D eigenvalue weighted by molar-refractivity contribution is 5.26. The van der Waals surface area contributed by atoms with Gasteiger partial charge in [0.2, 0.25) is 0 Å². The zero-order valence-electron chi connectivity index (χ0n) is 7.98. The van der Waals surface area contributed by atoms with Crippen LogP contribution in [-0.4, -0.2) is 24.4 Å². The van der Waals surface area contributed by atoms with Crippen LogP contribution < -0.4 is 0 Å². The van der Waals surface area contributed by atoms with Crippen molar-refractivity contribution in [1.82, 2.24) is 0 Å². The Balaban J connectivity index is 1.85. The van der Waals surface area contributed by atoms with Crippen LogP contribution in [0, 0.1) is 0 Å². The second-order valence-corrected chi connectivity index (χ2v) is 3.47. The highest BCUT2D eigenvalue weighted by Gasteiger charge is 2.15. The molecule has 76 valence electrons. The van der Waals surface area contributed by atoms with E-state index in [9.17, 15) is 5.11 Å². The second kappa shape index (κ2) is 4.44. The number of phenolic OH excluding ortho intramolecular Hbond substituents is 1. The van der Waals surface area contributed by atoms with Gasteiger partial charge in [-0.25, -0.2) is 0 Å². The van der Waals surface area contributed by atoms with Gasteiger partial charge in [-0.05, 0) is 24.1 Å². The molecule has 3 heteroatoms. The maximum atomic E-state index is 9.22. The summed E-state index contributed by atoms with van der Waals surface area (Å²) in [7, 11) is 0. The predicted octanol–water partition coefficient (Wildman–Crippen LogP) is 1.70. The summed E-state index contributed by atoms with van der Waals surface area (Å²) in [5.41, 5.74) is 0.997. The Morgan fingerprint density at radius 2 is 2.43 bits per heavy atom. The average Bonchev–Trinajstić information content (AvgIpc) is 2.67. The number of hydrogen-bond acceptors (Lipinski definition) is 3. The maximum absolute atomic E-state index is 9.22. The van der Waals surface area contributed by atoms with Gasteiger partial charge in [-0.1, -0.05) is 12.1 Å². The molecule has 0 radical (unpaired) electrons. The average molecular weight is 194 g/mol. The van der Waals surface area contributed by atoms with Crippen LogP contribution in [-0.2, 0) is 16.1 Å². The first-order valence-corrected chi connectivity index (χ1v) is 4.82. The maximum Gasteiger partial charge on any atom is 0.115 e. The Morgan fingerprint density at radius 1 is 1.50 bits per heavy atom. The lowest BCUT2D eigenvalue weighted by Crippen LogP contribution is -2.11. The van der Waals surface area contributed by atoms with Crippen molar-refractivity contribution in [2.45, 2.75) is 19.1 Å². The molecule has 1 saturated heterocycles. The molecule has 1 aliphatic heterocycles. The molecule has 0 saturated carbocycles. The van der Waals surface area contributed by atoms with Crippen molar-refractivity contribution >= 4 is 0 Å². The Bertz CT molecular complexity index is 292. The summed E-state index contributed by atoms with van der Waals surface area (Å²) in [4.78, 5) is 0. The fourth-order valence-corrected chi connectivity index (χ4v) is 1.50. The Labute approximate surface area is 83.3 Å². The first-order valence-electron chi connectivity index (χ1n) is 4.82. The lowest BCUT2D eigenvalue weighted by atomic mass is 10.2. The van der Waals surface area contributed by atoms with Crippen LogP contribution in [0.3, 0.4) is 0 Å². The third-order valence-electron chi connectivity index (χ3n) is 2.28. The first kappa shape index (κ1) is 9.49. The van der Waals surface area contributed by atoms with Crippen LogP contribution in [0.15, 0.2) is 24.3 Å². The smallest absolute Gasteiger partial charge is 0.115 e. The Kier molecular flexibility index (Phi) is 3.01. The van der Waals surface area contributed by atoms with E-state index >= 15 is 0 Å². The van der Waals surface area contributed by atoms with E-state index in [0.717, 1.165) is 18.6 Å². The van der Waals surface area contributed by atoms with Crippen LogP contribution >= 0.6 is 0 Å². The van der Waals surface area contributed by atoms with E-state index in [4.69, 9.17) is 9.47 Å². The molecular weight excluding hydrogens is 180 g/mol. The van der Waals surface area contributed by atoms with Crippen molar-refractivity contribution in [2.24, 2.45) is 0 Å².